The van der Waals surface area contributed by atoms with Crippen LogP contribution in [0, 0.1) is 5.92 Å². The summed E-state index contributed by atoms with van der Waals surface area (Å²) in [5.74, 6) is 0.246. The Balaban J connectivity index is 1.74. The zero-order chi connectivity index (χ0) is 21.3. The first-order valence-corrected chi connectivity index (χ1v) is 11.8. The van der Waals surface area contributed by atoms with Gasteiger partial charge in [0.25, 0.3) is 0 Å². The molecule has 1 atom stereocenters. The molecule has 2 N–H and O–H groups in total. The molecule has 164 valence electrons. The van der Waals surface area contributed by atoms with E-state index in [9.17, 15) is 18.3 Å². The third-order valence-electron chi connectivity index (χ3n) is 4.81. The van der Waals surface area contributed by atoms with Crippen LogP contribution in [0.4, 0.5) is 0 Å². The summed E-state index contributed by atoms with van der Waals surface area (Å²) in [7, 11) is -3.43. The van der Waals surface area contributed by atoms with Gasteiger partial charge in [0, 0.05) is 32.7 Å². The van der Waals surface area contributed by atoms with Gasteiger partial charge in [-0.25, -0.2) is 8.42 Å². The lowest BCUT2D eigenvalue weighted by Crippen LogP contribution is -2.35. The second-order valence-electron chi connectivity index (χ2n) is 8.00. The van der Waals surface area contributed by atoms with E-state index in [4.69, 9.17) is 4.74 Å². The van der Waals surface area contributed by atoms with E-state index in [0.717, 1.165) is 24.8 Å². The number of sulfonamides is 1. The molecular formula is C21H34N2O5S. The van der Waals surface area contributed by atoms with Crippen molar-refractivity contribution < 1.29 is 23.1 Å². The summed E-state index contributed by atoms with van der Waals surface area (Å²) in [5, 5.41) is 12.5. The average molecular weight is 427 g/mol. The number of aryl methyl sites for hydroxylation is 1. The first-order chi connectivity index (χ1) is 13.8. The lowest BCUT2D eigenvalue weighted by molar-refractivity contribution is -0.121. The molecule has 0 aromatic heterocycles. The molecule has 8 heteroatoms. The SMILES string of the molecule is CC(C)COC[C@H](O)CNC(=O)CCc1ccc(S(=O)(=O)N2CCCCC2)cc1. The summed E-state index contributed by atoms with van der Waals surface area (Å²) in [6, 6.07) is 6.76. The second kappa shape index (κ2) is 11.6. The monoisotopic (exact) mass is 426 g/mol. The van der Waals surface area contributed by atoms with Crippen molar-refractivity contribution in [3.05, 3.63) is 29.8 Å². The summed E-state index contributed by atoms with van der Waals surface area (Å²) < 4.78 is 32.2. The van der Waals surface area contributed by atoms with Crippen LogP contribution in [-0.4, -0.2) is 62.7 Å². The molecule has 0 spiro atoms. The van der Waals surface area contributed by atoms with E-state index in [0.29, 0.717) is 36.9 Å². The fourth-order valence-electron chi connectivity index (χ4n) is 3.16. The van der Waals surface area contributed by atoms with E-state index in [2.05, 4.69) is 5.32 Å². The number of rotatable bonds is 11. The molecule has 1 amide bonds. The topological polar surface area (TPSA) is 95.9 Å². The molecule has 7 nitrogen and oxygen atoms in total. The van der Waals surface area contributed by atoms with E-state index >= 15 is 0 Å². The van der Waals surface area contributed by atoms with Gasteiger partial charge in [0.1, 0.15) is 0 Å². The van der Waals surface area contributed by atoms with E-state index in [1.165, 1.54) is 0 Å². The lowest BCUT2D eigenvalue weighted by atomic mass is 10.1. The number of aliphatic hydroxyl groups is 1. The number of carbonyl (C=O) groups excluding carboxylic acids is 1. The number of ether oxygens (including phenoxy) is 1. The largest absolute Gasteiger partial charge is 0.389 e. The molecule has 0 bridgehead atoms. The number of amides is 1. The summed E-state index contributed by atoms with van der Waals surface area (Å²) >= 11 is 0. The molecule has 29 heavy (non-hydrogen) atoms. The minimum absolute atomic E-state index is 0.155. The molecule has 0 saturated carbocycles. The highest BCUT2D eigenvalue weighted by Crippen LogP contribution is 2.21. The summed E-state index contributed by atoms with van der Waals surface area (Å²) in [4.78, 5) is 12.3. The second-order valence-corrected chi connectivity index (χ2v) is 9.94. The molecule has 1 aliphatic rings. The Morgan fingerprint density at radius 1 is 1.14 bits per heavy atom. The minimum Gasteiger partial charge on any atom is -0.389 e. The zero-order valence-corrected chi connectivity index (χ0v) is 18.3. The van der Waals surface area contributed by atoms with Gasteiger partial charge in [0.05, 0.1) is 17.6 Å². The van der Waals surface area contributed by atoms with E-state index < -0.39 is 16.1 Å². The molecule has 0 aliphatic carbocycles. The zero-order valence-electron chi connectivity index (χ0n) is 17.5. The van der Waals surface area contributed by atoms with Crippen LogP contribution in [-0.2, 0) is 26.0 Å². The third-order valence-corrected chi connectivity index (χ3v) is 6.73. The normalized spacial score (nSPS) is 16.7. The highest BCUT2D eigenvalue weighted by atomic mass is 32.2. The van der Waals surface area contributed by atoms with Crippen LogP contribution in [0.2, 0.25) is 0 Å². The van der Waals surface area contributed by atoms with E-state index in [-0.39, 0.29) is 25.5 Å². The smallest absolute Gasteiger partial charge is 0.243 e. The van der Waals surface area contributed by atoms with Crippen LogP contribution in [0.1, 0.15) is 45.1 Å². The van der Waals surface area contributed by atoms with Gasteiger partial charge in [-0.2, -0.15) is 4.31 Å². The molecule has 0 radical (unpaired) electrons. The highest BCUT2D eigenvalue weighted by Gasteiger charge is 2.25. The Morgan fingerprint density at radius 3 is 2.41 bits per heavy atom. The molecule has 0 unspecified atom stereocenters. The maximum absolute atomic E-state index is 12.7. The fraction of sp³-hybridized carbons (Fsp3) is 0.667. The number of benzene rings is 1. The number of piperidine rings is 1. The molecule has 2 rings (SSSR count). The number of hydrogen-bond acceptors (Lipinski definition) is 5. The molecule has 1 saturated heterocycles. The predicted molar refractivity (Wildman–Crippen MR) is 112 cm³/mol. The van der Waals surface area contributed by atoms with E-state index in [1.54, 1.807) is 28.6 Å². The van der Waals surface area contributed by atoms with Crippen LogP contribution in [0.25, 0.3) is 0 Å². The summed E-state index contributed by atoms with van der Waals surface area (Å²) in [6.07, 6.45) is 2.95. The van der Waals surface area contributed by atoms with Crippen molar-refractivity contribution in [2.24, 2.45) is 5.92 Å². The van der Waals surface area contributed by atoms with Crippen LogP contribution >= 0.6 is 0 Å². The third kappa shape index (κ3) is 8.04. The van der Waals surface area contributed by atoms with Gasteiger partial charge in [0.15, 0.2) is 0 Å². The van der Waals surface area contributed by atoms with Crippen molar-refractivity contribution in [1.29, 1.82) is 0 Å². The maximum Gasteiger partial charge on any atom is 0.243 e. The van der Waals surface area contributed by atoms with Crippen LogP contribution in [0.3, 0.4) is 0 Å². The molecule has 1 aromatic carbocycles. The Bertz CT molecular complexity index is 728. The first-order valence-electron chi connectivity index (χ1n) is 10.4. The Labute approximate surface area is 174 Å². The van der Waals surface area contributed by atoms with Crippen LogP contribution in [0.15, 0.2) is 29.2 Å². The van der Waals surface area contributed by atoms with Gasteiger partial charge in [-0.1, -0.05) is 32.4 Å². The standard InChI is InChI=1S/C21H34N2O5S/c1-17(2)15-28-16-19(24)14-22-21(25)11-8-18-6-9-20(10-7-18)29(26,27)23-12-4-3-5-13-23/h6-7,9-10,17,19,24H,3-5,8,11-16H2,1-2H3,(H,22,25)/t19-/m1/s1. The number of hydrogen-bond donors (Lipinski definition) is 2. The Kier molecular flexibility index (Phi) is 9.55. The van der Waals surface area contributed by atoms with Gasteiger partial charge in [0.2, 0.25) is 15.9 Å². The highest BCUT2D eigenvalue weighted by molar-refractivity contribution is 7.89. The number of nitrogens with one attached hydrogen (secondary N) is 1. The van der Waals surface area contributed by atoms with Crippen molar-refractivity contribution >= 4 is 15.9 Å². The predicted octanol–water partition coefficient (Wildman–Crippen LogP) is 1.94. The van der Waals surface area contributed by atoms with Gasteiger partial charge >= 0.3 is 0 Å². The van der Waals surface area contributed by atoms with Crippen molar-refractivity contribution in [3.63, 3.8) is 0 Å². The Morgan fingerprint density at radius 2 is 1.79 bits per heavy atom. The quantitative estimate of drug-likeness (QED) is 0.564. The van der Waals surface area contributed by atoms with Crippen molar-refractivity contribution in [2.45, 2.75) is 57.0 Å². The van der Waals surface area contributed by atoms with Gasteiger partial charge < -0.3 is 15.2 Å². The molecule has 1 heterocycles. The number of nitrogens with zero attached hydrogens (tertiary/aromatic N) is 1. The van der Waals surface area contributed by atoms with Crippen LogP contribution in [0.5, 0.6) is 0 Å². The molecule has 1 fully saturated rings. The lowest BCUT2D eigenvalue weighted by Gasteiger charge is -2.25. The van der Waals surface area contributed by atoms with Crippen molar-refractivity contribution in [3.8, 4) is 0 Å². The fourth-order valence-corrected chi connectivity index (χ4v) is 4.68. The van der Waals surface area contributed by atoms with Crippen LogP contribution < -0.4 is 5.32 Å². The summed E-state index contributed by atoms with van der Waals surface area (Å²) in [6.45, 7) is 6.16. The molecular weight excluding hydrogens is 392 g/mol. The number of aliphatic hydroxyl groups excluding tert-OH is 1. The first kappa shape index (κ1) is 23.8. The minimum atomic E-state index is -3.43. The van der Waals surface area contributed by atoms with Gasteiger partial charge in [-0.15, -0.1) is 0 Å². The van der Waals surface area contributed by atoms with Crippen molar-refractivity contribution in [2.75, 3.05) is 32.8 Å². The van der Waals surface area contributed by atoms with Gasteiger partial charge in [-0.05, 0) is 42.9 Å². The van der Waals surface area contributed by atoms with Crippen molar-refractivity contribution in [1.82, 2.24) is 9.62 Å². The molecule has 1 aromatic rings. The average Bonchev–Trinajstić information content (AvgIpc) is 2.71. The van der Waals surface area contributed by atoms with E-state index in [1.807, 2.05) is 13.8 Å². The maximum atomic E-state index is 12.7. The molecule has 1 aliphatic heterocycles. The van der Waals surface area contributed by atoms with Gasteiger partial charge in [-0.3, -0.25) is 4.79 Å². The Hall–Kier alpha value is -1.48. The summed E-state index contributed by atoms with van der Waals surface area (Å²) in [5.41, 5.74) is 0.901. The number of carbonyl (C=O) groups is 1.